The van der Waals surface area contributed by atoms with Crippen molar-refractivity contribution < 1.29 is 17.9 Å². The minimum Gasteiger partial charge on any atom is -0.484 e. The molecule has 0 spiro atoms. The summed E-state index contributed by atoms with van der Waals surface area (Å²) in [5.41, 5.74) is 2.54. The smallest absolute Gasteiger partial charge is 0.261 e. The highest BCUT2D eigenvalue weighted by Crippen LogP contribution is 2.21. The molecular formula is C24H26N2O4S2. The van der Waals surface area contributed by atoms with Crippen LogP contribution >= 0.6 is 11.8 Å². The fourth-order valence-electron chi connectivity index (χ4n) is 2.96. The average molecular weight is 471 g/mol. The Kier molecular flexibility index (Phi) is 7.82. The molecule has 168 valence electrons. The number of sulfonamides is 1. The van der Waals surface area contributed by atoms with E-state index in [-0.39, 0.29) is 23.5 Å². The van der Waals surface area contributed by atoms with Crippen LogP contribution in [-0.4, -0.2) is 27.2 Å². The normalized spacial score (nSPS) is 12.1. The molecule has 0 aliphatic rings. The zero-order chi connectivity index (χ0) is 23.1. The summed E-state index contributed by atoms with van der Waals surface area (Å²) < 4.78 is 33.1. The molecule has 1 unspecified atom stereocenters. The molecule has 3 aromatic carbocycles. The van der Waals surface area contributed by atoms with Crippen molar-refractivity contribution in [3.05, 3.63) is 83.9 Å². The first-order valence-electron chi connectivity index (χ1n) is 10.0. The molecular weight excluding hydrogens is 444 g/mol. The van der Waals surface area contributed by atoms with Crippen molar-refractivity contribution in [2.24, 2.45) is 0 Å². The van der Waals surface area contributed by atoms with Crippen LogP contribution in [0.1, 0.15) is 24.1 Å². The lowest BCUT2D eigenvalue weighted by atomic mass is 10.1. The topological polar surface area (TPSA) is 84.5 Å². The lowest BCUT2D eigenvalue weighted by Crippen LogP contribution is -2.31. The number of amides is 1. The summed E-state index contributed by atoms with van der Waals surface area (Å²) in [6, 6.07) is 20.9. The number of thioether (sulfide) groups is 1. The van der Waals surface area contributed by atoms with Crippen LogP contribution < -0.4 is 14.8 Å². The third-order valence-corrected chi connectivity index (χ3v) is 6.94. The monoisotopic (exact) mass is 470 g/mol. The first-order chi connectivity index (χ1) is 15.3. The lowest BCUT2D eigenvalue weighted by molar-refractivity contribution is -0.123. The molecule has 3 aromatic rings. The van der Waals surface area contributed by atoms with Gasteiger partial charge in [0.05, 0.1) is 10.9 Å². The van der Waals surface area contributed by atoms with E-state index in [2.05, 4.69) is 10.0 Å². The van der Waals surface area contributed by atoms with Gasteiger partial charge in [0.15, 0.2) is 6.61 Å². The Bertz CT molecular complexity index is 1140. The summed E-state index contributed by atoms with van der Waals surface area (Å²) >= 11 is 1.66. The Hall–Kier alpha value is -2.97. The second-order valence-corrected chi connectivity index (χ2v) is 9.86. The summed E-state index contributed by atoms with van der Waals surface area (Å²) in [5.74, 6) is 0.149. The molecule has 6 nitrogen and oxygen atoms in total. The summed E-state index contributed by atoms with van der Waals surface area (Å²) in [4.78, 5) is 13.5. The van der Waals surface area contributed by atoms with Crippen molar-refractivity contribution in [3.63, 3.8) is 0 Å². The minimum absolute atomic E-state index is 0.109. The first kappa shape index (κ1) is 23.7. The molecule has 8 heteroatoms. The Morgan fingerprint density at radius 3 is 2.19 bits per heavy atom. The maximum atomic E-state index is 12.5. The first-order valence-corrected chi connectivity index (χ1v) is 12.7. The van der Waals surface area contributed by atoms with Crippen molar-refractivity contribution in [3.8, 4) is 5.75 Å². The summed E-state index contributed by atoms with van der Waals surface area (Å²) in [6.07, 6.45) is 2.01. The Balaban J connectivity index is 1.53. The fourth-order valence-corrected chi connectivity index (χ4v) is 4.43. The summed E-state index contributed by atoms with van der Waals surface area (Å²) in [7, 11) is -3.71. The largest absolute Gasteiger partial charge is 0.484 e. The fraction of sp³-hybridized carbons (Fsp3) is 0.208. The van der Waals surface area contributed by atoms with Gasteiger partial charge in [-0.1, -0.05) is 29.8 Å². The van der Waals surface area contributed by atoms with Crippen LogP contribution in [0.3, 0.4) is 0 Å². The quantitative estimate of drug-likeness (QED) is 0.440. The maximum Gasteiger partial charge on any atom is 0.261 e. The average Bonchev–Trinajstić information content (AvgIpc) is 2.79. The highest BCUT2D eigenvalue weighted by Gasteiger charge is 2.15. The van der Waals surface area contributed by atoms with Crippen LogP contribution in [-0.2, 0) is 14.8 Å². The number of carbonyl (C=O) groups is 1. The molecule has 0 saturated carbocycles. The van der Waals surface area contributed by atoms with Crippen LogP contribution in [0, 0.1) is 6.92 Å². The zero-order valence-corrected chi connectivity index (χ0v) is 19.8. The van der Waals surface area contributed by atoms with E-state index in [9.17, 15) is 13.2 Å². The van der Waals surface area contributed by atoms with Crippen LogP contribution in [0.15, 0.2) is 82.6 Å². The zero-order valence-electron chi connectivity index (χ0n) is 18.2. The van der Waals surface area contributed by atoms with E-state index < -0.39 is 10.0 Å². The van der Waals surface area contributed by atoms with Gasteiger partial charge in [0.1, 0.15) is 5.75 Å². The van der Waals surface area contributed by atoms with E-state index in [0.29, 0.717) is 11.4 Å². The Morgan fingerprint density at radius 1 is 0.969 bits per heavy atom. The number of rotatable bonds is 9. The molecule has 0 aliphatic heterocycles. The summed E-state index contributed by atoms with van der Waals surface area (Å²) in [6.45, 7) is 3.68. The molecule has 0 heterocycles. The molecule has 0 radical (unpaired) electrons. The van der Waals surface area contributed by atoms with Gasteiger partial charge < -0.3 is 10.1 Å². The van der Waals surface area contributed by atoms with Crippen LogP contribution in [0.4, 0.5) is 5.69 Å². The second kappa shape index (κ2) is 10.6. The predicted octanol–water partition coefficient (Wildman–Crippen LogP) is 4.77. The Morgan fingerprint density at radius 2 is 1.59 bits per heavy atom. The highest BCUT2D eigenvalue weighted by atomic mass is 32.2. The van der Waals surface area contributed by atoms with Gasteiger partial charge in [-0.05, 0) is 74.2 Å². The van der Waals surface area contributed by atoms with E-state index in [1.54, 1.807) is 23.9 Å². The number of nitrogens with one attached hydrogen (secondary N) is 2. The third kappa shape index (κ3) is 6.51. The van der Waals surface area contributed by atoms with Gasteiger partial charge in [-0.3, -0.25) is 9.52 Å². The van der Waals surface area contributed by atoms with E-state index >= 15 is 0 Å². The minimum atomic E-state index is -3.71. The molecule has 3 rings (SSSR count). The van der Waals surface area contributed by atoms with Crippen molar-refractivity contribution in [2.45, 2.75) is 29.7 Å². The van der Waals surface area contributed by atoms with Crippen molar-refractivity contribution >= 4 is 33.4 Å². The SMILES string of the molecule is CSc1ccc(C(C)NC(=O)COc2ccc(S(=O)(=O)Nc3ccc(C)cc3)cc2)cc1. The van der Waals surface area contributed by atoms with E-state index in [0.717, 1.165) is 16.0 Å². The van der Waals surface area contributed by atoms with E-state index in [1.807, 2.05) is 56.5 Å². The maximum absolute atomic E-state index is 12.5. The number of ether oxygens (including phenoxy) is 1. The number of hydrogen-bond acceptors (Lipinski definition) is 5. The standard InChI is InChI=1S/C24H26N2O4S2/c1-17-4-8-20(9-5-17)26-32(28,29)23-14-10-21(11-15-23)30-16-24(27)25-18(2)19-6-12-22(31-3)13-7-19/h4-15,18,26H,16H2,1-3H3,(H,25,27). The van der Waals surface area contributed by atoms with E-state index in [1.165, 1.54) is 24.3 Å². The van der Waals surface area contributed by atoms with Gasteiger partial charge in [-0.2, -0.15) is 0 Å². The van der Waals surface area contributed by atoms with Crippen LogP contribution in [0.2, 0.25) is 0 Å². The van der Waals surface area contributed by atoms with Gasteiger partial charge >= 0.3 is 0 Å². The third-order valence-electron chi connectivity index (χ3n) is 4.80. The molecule has 0 bridgehead atoms. The molecule has 32 heavy (non-hydrogen) atoms. The van der Waals surface area contributed by atoms with Crippen molar-refractivity contribution in [1.82, 2.24) is 5.32 Å². The molecule has 0 aromatic heterocycles. The molecule has 2 N–H and O–H groups in total. The van der Waals surface area contributed by atoms with Gasteiger partial charge in [0, 0.05) is 10.6 Å². The molecule has 0 saturated heterocycles. The van der Waals surface area contributed by atoms with Gasteiger partial charge in [-0.25, -0.2) is 8.42 Å². The predicted molar refractivity (Wildman–Crippen MR) is 129 cm³/mol. The molecule has 1 amide bonds. The number of hydrogen-bond donors (Lipinski definition) is 2. The number of benzene rings is 3. The Labute approximate surface area is 193 Å². The van der Waals surface area contributed by atoms with Gasteiger partial charge in [0.2, 0.25) is 0 Å². The van der Waals surface area contributed by atoms with Gasteiger partial charge in [-0.15, -0.1) is 11.8 Å². The molecule has 1 atom stereocenters. The highest BCUT2D eigenvalue weighted by molar-refractivity contribution is 7.98. The second-order valence-electron chi connectivity index (χ2n) is 7.29. The molecule has 0 aliphatic carbocycles. The van der Waals surface area contributed by atoms with Gasteiger partial charge in [0.25, 0.3) is 15.9 Å². The van der Waals surface area contributed by atoms with Crippen molar-refractivity contribution in [1.29, 1.82) is 0 Å². The lowest BCUT2D eigenvalue weighted by Gasteiger charge is -2.15. The van der Waals surface area contributed by atoms with Crippen LogP contribution in [0.25, 0.3) is 0 Å². The number of anilines is 1. The van der Waals surface area contributed by atoms with Crippen LogP contribution in [0.5, 0.6) is 5.75 Å². The van der Waals surface area contributed by atoms with Crippen molar-refractivity contribution in [2.75, 3.05) is 17.6 Å². The number of aryl methyl sites for hydroxylation is 1. The molecule has 0 fully saturated rings. The number of carbonyl (C=O) groups excluding carboxylic acids is 1. The van der Waals surface area contributed by atoms with E-state index in [4.69, 9.17) is 4.74 Å². The summed E-state index contributed by atoms with van der Waals surface area (Å²) in [5, 5.41) is 2.89.